The minimum absolute atomic E-state index is 0.0104. The van der Waals surface area contributed by atoms with Gasteiger partial charge >= 0.3 is 0 Å². The second-order valence-corrected chi connectivity index (χ2v) is 8.00. The zero-order chi connectivity index (χ0) is 18.5. The van der Waals surface area contributed by atoms with Crippen molar-refractivity contribution in [3.63, 3.8) is 0 Å². The number of carbonyl (C=O) groups excluding carboxylic acids is 1. The molecule has 1 aliphatic heterocycles. The van der Waals surface area contributed by atoms with E-state index in [0.717, 1.165) is 34.5 Å². The summed E-state index contributed by atoms with van der Waals surface area (Å²) in [5.74, 6) is 1.38. The van der Waals surface area contributed by atoms with Crippen molar-refractivity contribution in [3.05, 3.63) is 57.4 Å². The molecule has 0 fully saturated rings. The molecule has 1 amide bonds. The number of H-pyrrole nitrogens is 1. The first-order valence-electron chi connectivity index (χ1n) is 9.07. The monoisotopic (exact) mass is 377 g/mol. The first kappa shape index (κ1) is 16.3. The van der Waals surface area contributed by atoms with Gasteiger partial charge in [0.25, 0.3) is 0 Å². The first-order valence-corrected chi connectivity index (χ1v) is 9.88. The van der Waals surface area contributed by atoms with E-state index in [1.165, 1.54) is 9.75 Å². The van der Waals surface area contributed by atoms with Crippen molar-refractivity contribution in [2.45, 2.75) is 32.6 Å². The van der Waals surface area contributed by atoms with E-state index in [2.05, 4.69) is 34.3 Å². The van der Waals surface area contributed by atoms with Crippen LogP contribution in [0.4, 0.5) is 5.82 Å². The van der Waals surface area contributed by atoms with Crippen LogP contribution in [0.15, 0.2) is 36.4 Å². The second-order valence-electron chi connectivity index (χ2n) is 6.80. The fraction of sp³-hybridized carbons (Fsp3) is 0.250. The van der Waals surface area contributed by atoms with Crippen LogP contribution < -0.4 is 5.32 Å². The van der Waals surface area contributed by atoms with E-state index in [4.69, 9.17) is 5.10 Å². The van der Waals surface area contributed by atoms with Crippen molar-refractivity contribution >= 4 is 34.1 Å². The molecule has 0 saturated carbocycles. The Balaban J connectivity index is 1.66. The average molecular weight is 377 g/mol. The Bertz CT molecular complexity index is 1140. The normalized spacial score (nSPS) is 16.5. The number of aryl methyl sites for hydroxylation is 2. The number of nitrogens with one attached hydrogen (secondary N) is 2. The van der Waals surface area contributed by atoms with E-state index in [1.54, 1.807) is 16.0 Å². The lowest BCUT2D eigenvalue weighted by Gasteiger charge is -2.22. The predicted molar refractivity (Wildman–Crippen MR) is 107 cm³/mol. The van der Waals surface area contributed by atoms with Crippen LogP contribution in [0.2, 0.25) is 0 Å². The van der Waals surface area contributed by atoms with Crippen LogP contribution in [-0.4, -0.2) is 25.7 Å². The summed E-state index contributed by atoms with van der Waals surface area (Å²) in [4.78, 5) is 23.0. The maximum absolute atomic E-state index is 12.5. The van der Waals surface area contributed by atoms with Gasteiger partial charge in [-0.25, -0.2) is 4.98 Å². The zero-order valence-electron chi connectivity index (χ0n) is 15.1. The quantitative estimate of drug-likeness (QED) is 0.563. The lowest BCUT2D eigenvalue weighted by atomic mass is 9.91. The number of benzene rings is 1. The molecule has 3 aromatic heterocycles. The molecular weight excluding hydrogens is 358 g/mol. The molecule has 1 aliphatic rings. The number of nitrogens with zero attached hydrogens (tertiary/aromatic N) is 3. The molecule has 27 heavy (non-hydrogen) atoms. The summed E-state index contributed by atoms with van der Waals surface area (Å²) in [6.45, 7) is 4.15. The number of imidazole rings is 1. The molecule has 7 heteroatoms. The fourth-order valence-electron chi connectivity index (χ4n) is 3.75. The molecule has 0 saturated heterocycles. The molecule has 0 spiro atoms. The number of fused-ring (bicyclic) bond motifs is 2. The van der Waals surface area contributed by atoms with E-state index in [1.807, 2.05) is 31.2 Å². The lowest BCUT2D eigenvalue weighted by molar-refractivity contribution is -0.116. The van der Waals surface area contributed by atoms with Gasteiger partial charge in [-0.1, -0.05) is 19.1 Å². The van der Waals surface area contributed by atoms with Gasteiger partial charge in [0.05, 0.1) is 16.7 Å². The van der Waals surface area contributed by atoms with Gasteiger partial charge in [0.2, 0.25) is 11.9 Å². The number of rotatable bonds is 3. The summed E-state index contributed by atoms with van der Waals surface area (Å²) in [6, 6.07) is 12.2. The molecule has 4 aromatic rings. The van der Waals surface area contributed by atoms with Crippen molar-refractivity contribution in [2.24, 2.45) is 0 Å². The minimum Gasteiger partial charge on any atom is -0.322 e. The van der Waals surface area contributed by atoms with Gasteiger partial charge in [0.1, 0.15) is 5.82 Å². The maximum Gasteiger partial charge on any atom is 0.231 e. The van der Waals surface area contributed by atoms with Gasteiger partial charge in [-0.3, -0.25) is 4.79 Å². The third kappa shape index (κ3) is 2.57. The summed E-state index contributed by atoms with van der Waals surface area (Å²) < 4.78 is 1.73. The Labute approximate surface area is 160 Å². The Hall–Kier alpha value is -2.93. The topological polar surface area (TPSA) is 75.6 Å². The van der Waals surface area contributed by atoms with Crippen LogP contribution in [0.5, 0.6) is 0 Å². The summed E-state index contributed by atoms with van der Waals surface area (Å²) in [6.07, 6.45) is 1.46. The van der Waals surface area contributed by atoms with Crippen molar-refractivity contribution in [1.82, 2.24) is 19.7 Å². The van der Waals surface area contributed by atoms with Crippen molar-refractivity contribution in [3.8, 4) is 5.95 Å². The number of thiophene rings is 1. The molecule has 0 bridgehead atoms. The van der Waals surface area contributed by atoms with E-state index < -0.39 is 0 Å². The highest BCUT2D eigenvalue weighted by atomic mass is 32.1. The number of hydrogen-bond donors (Lipinski definition) is 2. The molecule has 136 valence electrons. The summed E-state index contributed by atoms with van der Waals surface area (Å²) in [5.41, 5.74) is 3.82. The summed E-state index contributed by atoms with van der Waals surface area (Å²) in [5, 5.41) is 7.73. The number of para-hydroxylation sites is 2. The second kappa shape index (κ2) is 6.06. The SMILES string of the molecule is CCc1ccc([C@@H]2CC(=O)Nc3c2c(C)nn3-c2nc3ccccc3[nH]2)s1. The van der Waals surface area contributed by atoms with Crippen LogP contribution >= 0.6 is 11.3 Å². The fourth-order valence-corrected chi connectivity index (χ4v) is 4.82. The third-order valence-electron chi connectivity index (χ3n) is 5.05. The third-order valence-corrected chi connectivity index (χ3v) is 6.40. The van der Waals surface area contributed by atoms with Crippen LogP contribution in [0.3, 0.4) is 0 Å². The minimum atomic E-state index is 0.0104. The molecule has 6 nitrogen and oxygen atoms in total. The Kier molecular flexibility index (Phi) is 3.65. The smallest absolute Gasteiger partial charge is 0.231 e. The van der Waals surface area contributed by atoms with E-state index >= 15 is 0 Å². The molecule has 2 N–H and O–H groups in total. The molecule has 4 heterocycles. The van der Waals surface area contributed by atoms with E-state index in [9.17, 15) is 4.79 Å². The van der Waals surface area contributed by atoms with Gasteiger partial charge in [-0.15, -0.1) is 11.3 Å². The Morgan fingerprint density at radius 2 is 2.11 bits per heavy atom. The van der Waals surface area contributed by atoms with Crippen molar-refractivity contribution in [2.75, 3.05) is 5.32 Å². The summed E-state index contributed by atoms with van der Waals surface area (Å²) in [7, 11) is 0. The van der Waals surface area contributed by atoms with E-state index in [-0.39, 0.29) is 11.8 Å². The Morgan fingerprint density at radius 3 is 2.89 bits per heavy atom. The van der Waals surface area contributed by atoms with Gasteiger partial charge in [0, 0.05) is 27.7 Å². The highest BCUT2D eigenvalue weighted by molar-refractivity contribution is 7.12. The number of carbonyl (C=O) groups is 1. The maximum atomic E-state index is 12.5. The van der Waals surface area contributed by atoms with Gasteiger partial charge < -0.3 is 10.3 Å². The van der Waals surface area contributed by atoms with Gasteiger partial charge in [-0.2, -0.15) is 9.78 Å². The first-order chi connectivity index (χ1) is 13.1. The average Bonchev–Trinajstić information content (AvgIpc) is 3.37. The molecule has 0 aliphatic carbocycles. The van der Waals surface area contributed by atoms with Crippen LogP contribution in [-0.2, 0) is 11.2 Å². The summed E-state index contributed by atoms with van der Waals surface area (Å²) >= 11 is 1.78. The predicted octanol–water partition coefficient (Wildman–Crippen LogP) is 4.16. The van der Waals surface area contributed by atoms with Crippen LogP contribution in [0, 0.1) is 6.92 Å². The van der Waals surface area contributed by atoms with Crippen LogP contribution in [0.1, 0.15) is 40.3 Å². The zero-order valence-corrected chi connectivity index (χ0v) is 15.9. The number of anilines is 1. The number of amides is 1. The Morgan fingerprint density at radius 1 is 1.26 bits per heavy atom. The van der Waals surface area contributed by atoms with E-state index in [0.29, 0.717) is 12.4 Å². The standard InChI is InChI=1S/C20H19N5OS/c1-3-12-8-9-16(27-12)13-10-17(26)23-19-18(13)11(2)24-25(19)20-21-14-6-4-5-7-15(14)22-20/h4-9,13H,3,10H2,1-2H3,(H,21,22)(H,23,26)/t13-/m0/s1. The highest BCUT2D eigenvalue weighted by Crippen LogP contribution is 2.42. The lowest BCUT2D eigenvalue weighted by Crippen LogP contribution is -2.24. The molecular formula is C20H19N5OS. The molecule has 0 unspecified atom stereocenters. The molecule has 1 aromatic carbocycles. The highest BCUT2D eigenvalue weighted by Gasteiger charge is 2.34. The molecule has 0 radical (unpaired) electrons. The largest absolute Gasteiger partial charge is 0.322 e. The van der Waals surface area contributed by atoms with Crippen molar-refractivity contribution in [1.29, 1.82) is 0 Å². The van der Waals surface area contributed by atoms with Crippen molar-refractivity contribution < 1.29 is 4.79 Å². The van der Waals surface area contributed by atoms with Gasteiger partial charge in [-0.05, 0) is 37.6 Å². The van der Waals surface area contributed by atoms with Gasteiger partial charge in [0.15, 0.2) is 0 Å². The number of aromatic nitrogens is 4. The number of aromatic amines is 1. The van der Waals surface area contributed by atoms with Crippen LogP contribution in [0.25, 0.3) is 17.0 Å². The molecule has 5 rings (SSSR count). The molecule has 1 atom stereocenters. The number of hydrogen-bond acceptors (Lipinski definition) is 4.